The van der Waals surface area contributed by atoms with Crippen molar-refractivity contribution in [1.29, 1.82) is 0 Å². The predicted octanol–water partition coefficient (Wildman–Crippen LogP) is 5.27. The number of rotatable bonds is 4. The van der Waals surface area contributed by atoms with Crippen molar-refractivity contribution in [3.05, 3.63) is 48.2 Å². The maximum atomic E-state index is 12.7. The zero-order valence-corrected chi connectivity index (χ0v) is 23.7. The van der Waals surface area contributed by atoms with Gasteiger partial charge in [-0.2, -0.15) is 0 Å². The molecule has 1 aromatic rings. The zero-order valence-electron chi connectivity index (χ0n) is 23.7. The van der Waals surface area contributed by atoms with E-state index in [4.69, 9.17) is 4.74 Å². The summed E-state index contributed by atoms with van der Waals surface area (Å²) in [4.78, 5) is 35.8. The van der Waals surface area contributed by atoms with Crippen molar-refractivity contribution in [2.24, 2.45) is 10.9 Å². The molecule has 2 amide bonds. The third-order valence-electron chi connectivity index (χ3n) is 7.00. The molecule has 0 bridgehead atoms. The Morgan fingerprint density at radius 2 is 1.76 bits per heavy atom. The van der Waals surface area contributed by atoms with Gasteiger partial charge < -0.3 is 24.8 Å². The van der Waals surface area contributed by atoms with Gasteiger partial charge in [-0.1, -0.05) is 19.6 Å². The fourth-order valence-electron chi connectivity index (χ4n) is 5.09. The van der Waals surface area contributed by atoms with Gasteiger partial charge in [0.15, 0.2) is 0 Å². The van der Waals surface area contributed by atoms with E-state index in [1.165, 1.54) is 0 Å². The number of nitrogens with zero attached hydrogens (tertiary/aromatic N) is 4. The van der Waals surface area contributed by atoms with Crippen molar-refractivity contribution in [2.75, 3.05) is 36.0 Å². The molecule has 8 nitrogen and oxygen atoms in total. The lowest BCUT2D eigenvalue weighted by molar-refractivity contribution is -0.117. The van der Waals surface area contributed by atoms with E-state index in [0.717, 1.165) is 28.5 Å². The van der Waals surface area contributed by atoms with Crippen LogP contribution < -0.4 is 15.1 Å². The summed E-state index contributed by atoms with van der Waals surface area (Å²) in [6, 6.07) is 6.34. The van der Waals surface area contributed by atoms with Crippen LogP contribution in [0.15, 0.2) is 47.6 Å². The molecule has 0 aliphatic carbocycles. The second-order valence-electron chi connectivity index (χ2n) is 11.0. The summed E-state index contributed by atoms with van der Waals surface area (Å²) < 4.78 is 5.54. The van der Waals surface area contributed by atoms with E-state index in [-0.39, 0.29) is 30.0 Å². The smallest absolute Gasteiger partial charge is 0.410 e. The Bertz CT molecular complexity index is 1080. The minimum Gasteiger partial charge on any atom is -0.444 e. The number of nitrogens with one attached hydrogen (secondary N) is 1. The van der Waals surface area contributed by atoms with Gasteiger partial charge in [-0.05, 0) is 65.8 Å². The van der Waals surface area contributed by atoms with Crippen molar-refractivity contribution in [2.45, 2.75) is 73.1 Å². The van der Waals surface area contributed by atoms with Gasteiger partial charge in [-0.15, -0.1) is 0 Å². The van der Waals surface area contributed by atoms with Gasteiger partial charge in [0, 0.05) is 67.7 Å². The molecule has 8 heteroatoms. The average molecular weight is 510 g/mol. The van der Waals surface area contributed by atoms with Crippen molar-refractivity contribution < 1.29 is 14.3 Å². The summed E-state index contributed by atoms with van der Waals surface area (Å²) in [5.74, 6) is 1.01. The Morgan fingerprint density at radius 1 is 1.11 bits per heavy atom. The number of allylic oxidation sites excluding steroid dienone is 3. The Kier molecular flexibility index (Phi) is 8.72. The number of anilines is 2. The molecule has 0 spiro atoms. The molecule has 2 aliphatic rings. The van der Waals surface area contributed by atoms with Crippen LogP contribution in [-0.2, 0) is 9.53 Å². The maximum absolute atomic E-state index is 12.7. The van der Waals surface area contributed by atoms with E-state index in [9.17, 15) is 9.59 Å². The minimum atomic E-state index is -0.507. The number of ether oxygens (including phenoxy) is 1. The molecule has 2 heterocycles. The van der Waals surface area contributed by atoms with Gasteiger partial charge in [-0.25, -0.2) is 9.79 Å². The SMILES string of the molecule is C=C/C=C(C)\N=C(/C)N[C@H]1c2cc(N3CCN(C(=O)OC(C)(C)C)CC3)ccc2N(C(C)=O)[C@@H](C)[C@@H]1C. The number of fused-ring (bicyclic) bond motifs is 1. The summed E-state index contributed by atoms with van der Waals surface area (Å²) in [6.07, 6.45) is 3.34. The number of aliphatic imine (C=N–C) groups is 1. The van der Waals surface area contributed by atoms with E-state index in [1.54, 1.807) is 17.9 Å². The summed E-state index contributed by atoms with van der Waals surface area (Å²) in [5.41, 5.74) is 3.45. The average Bonchev–Trinajstić information content (AvgIpc) is 2.80. The van der Waals surface area contributed by atoms with E-state index in [0.29, 0.717) is 26.2 Å². The van der Waals surface area contributed by atoms with Crippen LogP contribution >= 0.6 is 0 Å². The normalized spacial score (nSPS) is 22.9. The molecule has 0 aromatic heterocycles. The molecule has 2 aliphatic heterocycles. The lowest BCUT2D eigenvalue weighted by atomic mass is 9.82. The molecule has 202 valence electrons. The first-order chi connectivity index (χ1) is 17.3. The number of benzene rings is 1. The van der Waals surface area contributed by atoms with E-state index in [2.05, 4.69) is 53.8 Å². The number of carbonyl (C=O) groups excluding carboxylic acids is 2. The largest absolute Gasteiger partial charge is 0.444 e. The molecule has 1 N–H and O–H groups in total. The van der Waals surface area contributed by atoms with Crippen molar-refractivity contribution >= 4 is 29.2 Å². The quantitative estimate of drug-likeness (QED) is 0.340. The molecule has 1 fully saturated rings. The van der Waals surface area contributed by atoms with E-state index in [1.807, 2.05) is 45.6 Å². The molecular formula is C29H43N5O3. The monoisotopic (exact) mass is 509 g/mol. The molecule has 3 rings (SSSR count). The minimum absolute atomic E-state index is 0.0103. The van der Waals surface area contributed by atoms with Gasteiger partial charge in [0.05, 0.1) is 11.9 Å². The topological polar surface area (TPSA) is 77.5 Å². The Morgan fingerprint density at radius 3 is 2.32 bits per heavy atom. The van der Waals surface area contributed by atoms with E-state index < -0.39 is 5.60 Å². The van der Waals surface area contributed by atoms with Crippen LogP contribution in [0.3, 0.4) is 0 Å². The van der Waals surface area contributed by atoms with Gasteiger partial charge in [0.2, 0.25) is 5.91 Å². The van der Waals surface area contributed by atoms with Crippen LogP contribution in [-0.4, -0.2) is 60.6 Å². The lowest BCUT2D eigenvalue weighted by Gasteiger charge is -2.45. The molecule has 0 saturated carbocycles. The number of hydrogen-bond acceptors (Lipinski definition) is 5. The molecule has 37 heavy (non-hydrogen) atoms. The first-order valence-electron chi connectivity index (χ1n) is 13.1. The van der Waals surface area contributed by atoms with Gasteiger partial charge in [0.1, 0.15) is 5.60 Å². The Hall–Kier alpha value is -3.29. The third kappa shape index (κ3) is 6.73. The van der Waals surface area contributed by atoms with Crippen LogP contribution in [0.1, 0.15) is 67.0 Å². The molecule has 1 saturated heterocycles. The summed E-state index contributed by atoms with van der Waals surface area (Å²) >= 11 is 0. The fraction of sp³-hybridized carbons (Fsp3) is 0.552. The number of hydrogen-bond donors (Lipinski definition) is 1. The summed E-state index contributed by atoms with van der Waals surface area (Å²) in [7, 11) is 0. The fourth-order valence-corrected chi connectivity index (χ4v) is 5.09. The standard InChI is InChI=1S/C29H43N5O3/c1-10-11-19(2)30-22(5)31-27-20(3)21(4)34(23(6)35)26-13-12-24(18-25(26)27)32-14-16-33(17-15-32)28(36)37-29(7,8)9/h10-13,18,20-21,27H,1,14-17H2,2-9H3,(H,30,31)/b19-11-/t20-,21-,27+/m0/s1. The molecule has 3 atom stereocenters. The first-order valence-corrected chi connectivity index (χ1v) is 13.1. The van der Waals surface area contributed by atoms with Crippen LogP contribution in [0.25, 0.3) is 0 Å². The van der Waals surface area contributed by atoms with Gasteiger partial charge in [0.25, 0.3) is 0 Å². The molecule has 0 radical (unpaired) electrons. The second kappa shape index (κ2) is 11.4. The number of amides is 2. The van der Waals surface area contributed by atoms with Gasteiger partial charge in [-0.3, -0.25) is 4.79 Å². The lowest BCUT2D eigenvalue weighted by Crippen LogP contribution is -2.51. The van der Waals surface area contributed by atoms with Crippen LogP contribution in [0, 0.1) is 5.92 Å². The van der Waals surface area contributed by atoms with Crippen molar-refractivity contribution in [1.82, 2.24) is 10.2 Å². The third-order valence-corrected chi connectivity index (χ3v) is 7.00. The highest BCUT2D eigenvalue weighted by Crippen LogP contribution is 2.42. The van der Waals surface area contributed by atoms with Crippen molar-refractivity contribution in [3.8, 4) is 0 Å². The summed E-state index contributed by atoms with van der Waals surface area (Å²) in [6.45, 7) is 21.8. The van der Waals surface area contributed by atoms with Crippen LogP contribution in [0.4, 0.5) is 16.2 Å². The highest BCUT2D eigenvalue weighted by molar-refractivity contribution is 5.94. The highest BCUT2D eigenvalue weighted by Gasteiger charge is 2.39. The first kappa shape index (κ1) is 28.3. The Labute approximate surface area is 222 Å². The van der Waals surface area contributed by atoms with Crippen molar-refractivity contribution in [3.63, 3.8) is 0 Å². The second-order valence-corrected chi connectivity index (χ2v) is 11.0. The highest BCUT2D eigenvalue weighted by atomic mass is 16.6. The molecular weight excluding hydrogens is 466 g/mol. The number of carbonyl (C=O) groups is 2. The molecule has 1 aromatic carbocycles. The van der Waals surface area contributed by atoms with Crippen LogP contribution in [0.5, 0.6) is 0 Å². The Balaban J connectivity index is 1.89. The van der Waals surface area contributed by atoms with E-state index >= 15 is 0 Å². The summed E-state index contributed by atoms with van der Waals surface area (Å²) in [5, 5.41) is 3.63. The number of piperazine rings is 1. The maximum Gasteiger partial charge on any atom is 0.410 e. The predicted molar refractivity (Wildman–Crippen MR) is 151 cm³/mol. The van der Waals surface area contributed by atoms with Crippen LogP contribution in [0.2, 0.25) is 0 Å². The molecule has 0 unspecified atom stereocenters. The number of amidine groups is 1. The van der Waals surface area contributed by atoms with Gasteiger partial charge >= 0.3 is 6.09 Å². The zero-order chi connectivity index (χ0) is 27.5.